The zero-order valence-corrected chi connectivity index (χ0v) is 10.5. The van der Waals surface area contributed by atoms with Crippen LogP contribution in [0.1, 0.15) is 12.6 Å². The third kappa shape index (κ3) is 3.27. The van der Waals surface area contributed by atoms with Gasteiger partial charge in [-0.25, -0.2) is 0 Å². The van der Waals surface area contributed by atoms with Gasteiger partial charge in [-0.05, 0) is 19.1 Å². The van der Waals surface area contributed by atoms with E-state index in [2.05, 4.69) is 4.98 Å². The largest absolute Gasteiger partial charge is 0.394 e. The minimum absolute atomic E-state index is 0.0299. The Labute approximate surface area is 106 Å². The van der Waals surface area contributed by atoms with E-state index in [-0.39, 0.29) is 24.7 Å². The molecule has 0 aliphatic carbocycles. The second-order valence-electron chi connectivity index (χ2n) is 4.55. The minimum atomic E-state index is -0.276. The van der Waals surface area contributed by atoms with E-state index in [0.29, 0.717) is 19.5 Å². The van der Waals surface area contributed by atoms with Crippen molar-refractivity contribution in [2.24, 2.45) is 0 Å². The van der Waals surface area contributed by atoms with Crippen LogP contribution >= 0.6 is 0 Å². The molecule has 1 aliphatic heterocycles. The first kappa shape index (κ1) is 13.0. The summed E-state index contributed by atoms with van der Waals surface area (Å²) in [6, 6.07) is 5.53. The second-order valence-corrected chi connectivity index (χ2v) is 4.55. The zero-order valence-electron chi connectivity index (χ0n) is 10.5. The molecule has 5 heteroatoms. The van der Waals surface area contributed by atoms with Gasteiger partial charge in [0.25, 0.3) is 0 Å². The lowest BCUT2D eigenvalue weighted by Gasteiger charge is -2.36. The van der Waals surface area contributed by atoms with Crippen molar-refractivity contribution in [3.05, 3.63) is 30.1 Å². The predicted molar refractivity (Wildman–Crippen MR) is 65.9 cm³/mol. The summed E-state index contributed by atoms with van der Waals surface area (Å²) in [7, 11) is 0. The van der Waals surface area contributed by atoms with Crippen LogP contribution in [0.4, 0.5) is 0 Å². The van der Waals surface area contributed by atoms with Crippen LogP contribution in [0.2, 0.25) is 0 Å². The summed E-state index contributed by atoms with van der Waals surface area (Å²) in [5.41, 5.74) is 0.766. The Morgan fingerprint density at radius 1 is 1.56 bits per heavy atom. The molecule has 1 aromatic heterocycles. The molecular formula is C13H18N2O3. The molecule has 0 spiro atoms. The number of hydrogen-bond donors (Lipinski definition) is 1. The molecule has 1 saturated heterocycles. The number of amides is 1. The van der Waals surface area contributed by atoms with Gasteiger partial charge in [-0.3, -0.25) is 9.78 Å². The molecule has 18 heavy (non-hydrogen) atoms. The minimum Gasteiger partial charge on any atom is -0.394 e. The molecule has 98 valence electrons. The summed E-state index contributed by atoms with van der Waals surface area (Å²) in [6.45, 7) is 2.87. The first-order chi connectivity index (χ1) is 8.69. The van der Waals surface area contributed by atoms with Crippen LogP contribution in [0.3, 0.4) is 0 Å². The van der Waals surface area contributed by atoms with Gasteiger partial charge in [0.05, 0.1) is 25.2 Å². The maximum Gasteiger partial charge on any atom is 0.228 e. The maximum absolute atomic E-state index is 12.1. The Hall–Kier alpha value is -1.46. The van der Waals surface area contributed by atoms with Crippen molar-refractivity contribution in [1.29, 1.82) is 0 Å². The average molecular weight is 250 g/mol. The molecule has 0 saturated carbocycles. The van der Waals surface area contributed by atoms with E-state index in [0.717, 1.165) is 5.69 Å². The molecule has 2 heterocycles. The first-order valence-corrected chi connectivity index (χ1v) is 6.13. The molecule has 0 bridgehead atoms. The number of aliphatic hydroxyl groups excluding tert-OH is 1. The number of aliphatic hydroxyl groups is 1. The highest BCUT2D eigenvalue weighted by atomic mass is 16.5. The van der Waals surface area contributed by atoms with Crippen LogP contribution in [0.15, 0.2) is 24.4 Å². The fraction of sp³-hybridized carbons (Fsp3) is 0.538. The van der Waals surface area contributed by atoms with Crippen molar-refractivity contribution < 1.29 is 14.6 Å². The van der Waals surface area contributed by atoms with E-state index in [1.807, 2.05) is 25.1 Å². The lowest BCUT2D eigenvalue weighted by molar-refractivity contribution is -0.146. The number of carbonyl (C=O) groups excluding carboxylic acids is 1. The standard InChI is InChI=1S/C13H18N2O3/c1-10-7-15(8-12(9-16)18-10)13(17)6-11-4-2-3-5-14-11/h2-5,10,12,16H,6-9H2,1H3. The van der Waals surface area contributed by atoms with Crippen LogP contribution in [0.5, 0.6) is 0 Å². The Kier molecular flexibility index (Phi) is 4.28. The lowest BCUT2D eigenvalue weighted by Crippen LogP contribution is -2.50. The average Bonchev–Trinajstić information content (AvgIpc) is 2.39. The third-order valence-electron chi connectivity index (χ3n) is 2.94. The van der Waals surface area contributed by atoms with Crippen LogP contribution in [0.25, 0.3) is 0 Å². The molecule has 5 nitrogen and oxygen atoms in total. The first-order valence-electron chi connectivity index (χ1n) is 6.13. The van der Waals surface area contributed by atoms with Crippen molar-refractivity contribution in [1.82, 2.24) is 9.88 Å². The maximum atomic E-state index is 12.1. The van der Waals surface area contributed by atoms with E-state index >= 15 is 0 Å². The van der Waals surface area contributed by atoms with Gasteiger partial charge < -0.3 is 14.7 Å². The number of aromatic nitrogens is 1. The molecule has 0 radical (unpaired) electrons. The normalized spacial score (nSPS) is 24.0. The molecule has 1 aliphatic rings. The number of pyridine rings is 1. The highest BCUT2D eigenvalue weighted by molar-refractivity contribution is 5.78. The Morgan fingerprint density at radius 2 is 2.39 bits per heavy atom. The van der Waals surface area contributed by atoms with Gasteiger partial charge in [-0.1, -0.05) is 6.07 Å². The van der Waals surface area contributed by atoms with Crippen molar-refractivity contribution in [2.45, 2.75) is 25.6 Å². The molecule has 2 unspecified atom stereocenters. The Balaban J connectivity index is 1.96. The topological polar surface area (TPSA) is 62.7 Å². The number of hydrogen-bond acceptors (Lipinski definition) is 4. The number of ether oxygens (including phenoxy) is 1. The predicted octanol–water partition coefficient (Wildman–Crippen LogP) is 0.232. The fourth-order valence-electron chi connectivity index (χ4n) is 2.12. The van der Waals surface area contributed by atoms with E-state index in [1.54, 1.807) is 11.1 Å². The van der Waals surface area contributed by atoms with E-state index in [4.69, 9.17) is 9.84 Å². The molecule has 2 rings (SSSR count). The number of carbonyl (C=O) groups is 1. The smallest absolute Gasteiger partial charge is 0.228 e. The molecular weight excluding hydrogens is 232 g/mol. The zero-order chi connectivity index (χ0) is 13.0. The number of morpholine rings is 1. The third-order valence-corrected chi connectivity index (χ3v) is 2.94. The van der Waals surface area contributed by atoms with Crippen molar-refractivity contribution in [2.75, 3.05) is 19.7 Å². The number of nitrogens with zero attached hydrogens (tertiary/aromatic N) is 2. The quantitative estimate of drug-likeness (QED) is 0.834. The van der Waals surface area contributed by atoms with Crippen LogP contribution in [0, 0.1) is 0 Å². The monoisotopic (exact) mass is 250 g/mol. The molecule has 1 N–H and O–H groups in total. The van der Waals surface area contributed by atoms with Gasteiger partial charge in [-0.15, -0.1) is 0 Å². The van der Waals surface area contributed by atoms with Gasteiger partial charge in [0.1, 0.15) is 0 Å². The van der Waals surface area contributed by atoms with Crippen LogP contribution in [-0.4, -0.2) is 52.8 Å². The van der Waals surface area contributed by atoms with Crippen molar-refractivity contribution in [3.63, 3.8) is 0 Å². The summed E-state index contributed by atoms with van der Waals surface area (Å²) in [4.78, 5) is 18.0. The van der Waals surface area contributed by atoms with E-state index in [9.17, 15) is 4.79 Å². The lowest BCUT2D eigenvalue weighted by atomic mass is 10.2. The second kappa shape index (κ2) is 5.93. The van der Waals surface area contributed by atoms with Crippen LogP contribution in [-0.2, 0) is 16.0 Å². The molecule has 2 atom stereocenters. The van der Waals surface area contributed by atoms with Gasteiger partial charge in [0.15, 0.2) is 0 Å². The highest BCUT2D eigenvalue weighted by Gasteiger charge is 2.27. The van der Waals surface area contributed by atoms with Crippen molar-refractivity contribution >= 4 is 5.91 Å². The summed E-state index contributed by atoms with van der Waals surface area (Å²) in [6.07, 6.45) is 1.66. The van der Waals surface area contributed by atoms with Gasteiger partial charge in [-0.2, -0.15) is 0 Å². The summed E-state index contributed by atoms with van der Waals surface area (Å²) in [5.74, 6) is 0.0299. The molecule has 1 amide bonds. The SMILES string of the molecule is CC1CN(C(=O)Cc2ccccn2)CC(CO)O1. The summed E-state index contributed by atoms with van der Waals surface area (Å²) >= 11 is 0. The van der Waals surface area contributed by atoms with Gasteiger partial charge in [0, 0.05) is 25.0 Å². The van der Waals surface area contributed by atoms with Crippen LogP contribution < -0.4 is 0 Å². The Bertz CT molecular complexity index is 396. The van der Waals surface area contributed by atoms with E-state index in [1.165, 1.54) is 0 Å². The van der Waals surface area contributed by atoms with Gasteiger partial charge >= 0.3 is 0 Å². The van der Waals surface area contributed by atoms with E-state index < -0.39 is 0 Å². The highest BCUT2D eigenvalue weighted by Crippen LogP contribution is 2.12. The summed E-state index contributed by atoms with van der Waals surface area (Å²) in [5, 5.41) is 9.12. The Morgan fingerprint density at radius 3 is 3.06 bits per heavy atom. The van der Waals surface area contributed by atoms with Gasteiger partial charge in [0.2, 0.25) is 5.91 Å². The number of rotatable bonds is 3. The van der Waals surface area contributed by atoms with Crippen molar-refractivity contribution in [3.8, 4) is 0 Å². The molecule has 1 aromatic rings. The molecule has 0 aromatic carbocycles. The molecule has 1 fully saturated rings. The summed E-state index contributed by atoms with van der Waals surface area (Å²) < 4.78 is 5.51. The fourth-order valence-corrected chi connectivity index (χ4v) is 2.12.